The molecule has 0 aliphatic rings. The third-order valence-corrected chi connectivity index (χ3v) is 1.50. The Kier molecular flexibility index (Phi) is 2.97. The number of aromatic carboxylic acids is 1. The van der Waals surface area contributed by atoms with Gasteiger partial charge in [0.1, 0.15) is 6.33 Å². The van der Waals surface area contributed by atoms with E-state index in [0.717, 1.165) is 6.54 Å². The molecule has 0 saturated heterocycles. The van der Waals surface area contributed by atoms with Gasteiger partial charge in [-0.25, -0.2) is 9.78 Å². The van der Waals surface area contributed by atoms with Crippen molar-refractivity contribution in [1.29, 1.82) is 0 Å². The minimum absolute atomic E-state index is 0.154. The second kappa shape index (κ2) is 3.99. The summed E-state index contributed by atoms with van der Waals surface area (Å²) in [5.74, 6) is -1.25. The van der Waals surface area contributed by atoms with Gasteiger partial charge in [0.05, 0.1) is 6.54 Å². The van der Waals surface area contributed by atoms with Crippen molar-refractivity contribution in [3.63, 3.8) is 0 Å². The normalized spacial score (nSPS) is 10.7. The Morgan fingerprint density at radius 3 is 2.85 bits per heavy atom. The van der Waals surface area contributed by atoms with E-state index >= 15 is 0 Å². The molecule has 0 aliphatic heterocycles. The predicted octanol–water partition coefficient (Wildman–Crippen LogP) is -0.462. The highest BCUT2D eigenvalue weighted by Gasteiger charge is 2.07. The van der Waals surface area contributed by atoms with Crippen molar-refractivity contribution in [3.8, 4) is 0 Å². The zero-order valence-electron chi connectivity index (χ0n) is 7.64. The first-order valence-electron chi connectivity index (χ1n) is 3.87. The van der Waals surface area contributed by atoms with Crippen LogP contribution in [0.4, 0.5) is 0 Å². The Morgan fingerprint density at radius 1 is 1.69 bits per heavy atom. The van der Waals surface area contributed by atoms with E-state index in [9.17, 15) is 4.79 Å². The van der Waals surface area contributed by atoms with Crippen LogP contribution >= 0.6 is 0 Å². The van der Waals surface area contributed by atoms with Gasteiger partial charge in [0.15, 0.2) is 0 Å². The largest absolute Gasteiger partial charge is 0.475 e. The molecule has 1 rings (SSSR count). The van der Waals surface area contributed by atoms with Gasteiger partial charge in [-0.05, 0) is 14.1 Å². The van der Waals surface area contributed by atoms with Crippen LogP contribution in [0.5, 0.6) is 0 Å². The molecule has 0 unspecified atom stereocenters. The molecule has 1 aromatic heterocycles. The molecule has 13 heavy (non-hydrogen) atoms. The van der Waals surface area contributed by atoms with Crippen molar-refractivity contribution in [1.82, 2.24) is 19.7 Å². The van der Waals surface area contributed by atoms with Crippen LogP contribution in [-0.4, -0.2) is 51.4 Å². The van der Waals surface area contributed by atoms with Gasteiger partial charge in [0.25, 0.3) is 5.82 Å². The molecule has 0 atom stereocenters. The summed E-state index contributed by atoms with van der Waals surface area (Å²) in [5, 5.41) is 12.3. The van der Waals surface area contributed by atoms with Crippen LogP contribution in [0, 0.1) is 0 Å². The number of aromatic nitrogens is 3. The maximum Gasteiger partial charge on any atom is 0.375 e. The van der Waals surface area contributed by atoms with Gasteiger partial charge in [-0.15, -0.1) is 5.10 Å². The van der Waals surface area contributed by atoms with E-state index in [0.29, 0.717) is 6.54 Å². The summed E-state index contributed by atoms with van der Waals surface area (Å²) in [7, 11) is 3.88. The quantitative estimate of drug-likeness (QED) is 0.685. The molecular weight excluding hydrogens is 172 g/mol. The predicted molar refractivity (Wildman–Crippen MR) is 45.5 cm³/mol. The Balaban J connectivity index is 2.54. The van der Waals surface area contributed by atoms with Crippen LogP contribution < -0.4 is 0 Å². The van der Waals surface area contributed by atoms with Crippen molar-refractivity contribution in [3.05, 3.63) is 12.2 Å². The molecule has 72 valence electrons. The van der Waals surface area contributed by atoms with E-state index in [2.05, 4.69) is 10.1 Å². The molecule has 6 heteroatoms. The summed E-state index contributed by atoms with van der Waals surface area (Å²) in [6, 6.07) is 0. The first kappa shape index (κ1) is 9.66. The summed E-state index contributed by atoms with van der Waals surface area (Å²) < 4.78 is 1.52. The molecule has 1 aromatic rings. The highest BCUT2D eigenvalue weighted by molar-refractivity contribution is 5.82. The van der Waals surface area contributed by atoms with Gasteiger partial charge < -0.3 is 10.0 Å². The van der Waals surface area contributed by atoms with Crippen molar-refractivity contribution in [2.75, 3.05) is 20.6 Å². The van der Waals surface area contributed by atoms with E-state index in [4.69, 9.17) is 5.11 Å². The van der Waals surface area contributed by atoms with E-state index in [1.54, 1.807) is 0 Å². The van der Waals surface area contributed by atoms with E-state index < -0.39 is 5.97 Å². The summed E-state index contributed by atoms with van der Waals surface area (Å²) in [5.41, 5.74) is 0. The van der Waals surface area contributed by atoms with Gasteiger partial charge in [-0.1, -0.05) is 0 Å². The highest BCUT2D eigenvalue weighted by Crippen LogP contribution is 1.90. The number of hydrogen-bond donors (Lipinski definition) is 1. The molecule has 0 radical (unpaired) electrons. The number of carboxylic acid groups (broad SMARTS) is 1. The molecule has 0 bridgehead atoms. The minimum atomic E-state index is -1.09. The van der Waals surface area contributed by atoms with Crippen LogP contribution in [0.25, 0.3) is 0 Å². The zero-order valence-corrected chi connectivity index (χ0v) is 7.64. The van der Waals surface area contributed by atoms with Crippen molar-refractivity contribution < 1.29 is 9.90 Å². The fourth-order valence-electron chi connectivity index (χ4n) is 0.803. The third-order valence-electron chi connectivity index (χ3n) is 1.50. The Hall–Kier alpha value is -1.43. The fourth-order valence-corrected chi connectivity index (χ4v) is 0.803. The molecule has 0 fully saturated rings. The molecule has 0 spiro atoms. The van der Waals surface area contributed by atoms with Crippen LogP contribution in [-0.2, 0) is 6.54 Å². The van der Waals surface area contributed by atoms with Crippen LogP contribution in [0.2, 0.25) is 0 Å². The molecule has 1 heterocycles. The fraction of sp³-hybridized carbons (Fsp3) is 0.571. The number of rotatable bonds is 4. The molecule has 0 saturated carbocycles. The lowest BCUT2D eigenvalue weighted by Gasteiger charge is -2.07. The molecule has 6 nitrogen and oxygen atoms in total. The van der Waals surface area contributed by atoms with Gasteiger partial charge in [0.2, 0.25) is 0 Å². The Morgan fingerprint density at radius 2 is 2.38 bits per heavy atom. The van der Waals surface area contributed by atoms with Crippen molar-refractivity contribution in [2.24, 2.45) is 0 Å². The maximum atomic E-state index is 10.4. The Bertz CT molecular complexity index is 294. The molecule has 0 amide bonds. The molecular formula is C7H12N4O2. The molecule has 0 aliphatic carbocycles. The molecule has 1 N–H and O–H groups in total. The maximum absolute atomic E-state index is 10.4. The lowest BCUT2D eigenvalue weighted by molar-refractivity contribution is 0.0683. The van der Waals surface area contributed by atoms with Gasteiger partial charge >= 0.3 is 5.97 Å². The molecule has 0 aromatic carbocycles. The zero-order chi connectivity index (χ0) is 9.84. The second-order valence-corrected chi connectivity index (χ2v) is 2.94. The van der Waals surface area contributed by atoms with Gasteiger partial charge in [-0.2, -0.15) is 0 Å². The van der Waals surface area contributed by atoms with Crippen LogP contribution in [0.1, 0.15) is 10.6 Å². The lowest BCUT2D eigenvalue weighted by atomic mass is 10.6. The summed E-state index contributed by atoms with van der Waals surface area (Å²) in [6.07, 6.45) is 1.42. The van der Waals surface area contributed by atoms with Crippen molar-refractivity contribution >= 4 is 5.97 Å². The minimum Gasteiger partial charge on any atom is -0.475 e. The van der Waals surface area contributed by atoms with E-state index in [1.165, 1.54) is 11.0 Å². The van der Waals surface area contributed by atoms with Crippen molar-refractivity contribution in [2.45, 2.75) is 6.54 Å². The average molecular weight is 184 g/mol. The van der Waals surface area contributed by atoms with Crippen LogP contribution in [0.3, 0.4) is 0 Å². The average Bonchev–Trinajstić information content (AvgIpc) is 2.48. The Labute approximate surface area is 75.8 Å². The first-order chi connectivity index (χ1) is 6.09. The summed E-state index contributed by atoms with van der Waals surface area (Å²) in [6.45, 7) is 1.45. The first-order valence-corrected chi connectivity index (χ1v) is 3.87. The van der Waals surface area contributed by atoms with Crippen LogP contribution in [0.15, 0.2) is 6.33 Å². The van der Waals surface area contributed by atoms with Gasteiger partial charge in [0, 0.05) is 6.54 Å². The number of nitrogens with zero attached hydrogens (tertiary/aromatic N) is 4. The van der Waals surface area contributed by atoms with E-state index in [-0.39, 0.29) is 5.82 Å². The monoisotopic (exact) mass is 184 g/mol. The lowest BCUT2D eigenvalue weighted by Crippen LogP contribution is -2.18. The topological polar surface area (TPSA) is 71.2 Å². The number of carbonyl (C=O) groups is 1. The summed E-state index contributed by atoms with van der Waals surface area (Å²) in [4.78, 5) is 16.0. The van der Waals surface area contributed by atoms with E-state index in [1.807, 2.05) is 19.0 Å². The highest BCUT2D eigenvalue weighted by atomic mass is 16.4. The second-order valence-electron chi connectivity index (χ2n) is 2.94. The third kappa shape index (κ3) is 2.83. The smallest absolute Gasteiger partial charge is 0.375 e. The van der Waals surface area contributed by atoms with Gasteiger partial charge in [-0.3, -0.25) is 4.68 Å². The number of likely N-dealkylation sites (N-methyl/N-ethyl adjacent to an activating group) is 1. The number of carboxylic acids is 1. The standard InChI is InChI=1S/C7H12N4O2/c1-10(2)3-4-11-5-8-6(9-11)7(12)13/h5H,3-4H2,1-2H3,(H,12,13). The summed E-state index contributed by atoms with van der Waals surface area (Å²) >= 11 is 0. The SMILES string of the molecule is CN(C)CCn1cnc(C(=O)O)n1. The number of hydrogen-bond acceptors (Lipinski definition) is 4.